The molecule has 0 N–H and O–H groups in total. The number of hydrogen-bond donors (Lipinski definition) is 0. The molecule has 102 valence electrons. The molecule has 2 aliphatic rings. The standard InChI is InChI=1S/C14H15FO4/c1-14(2)17-7-13(19-14)12-6-10(16)9-5-8(15)3-4-11(9)18-12/h3-5,12-13H,6-7H2,1-2H3/t12-,13+/m1/s1. The van der Waals surface area contributed by atoms with E-state index in [4.69, 9.17) is 14.2 Å². The maximum atomic E-state index is 13.1. The van der Waals surface area contributed by atoms with E-state index in [9.17, 15) is 9.18 Å². The van der Waals surface area contributed by atoms with Gasteiger partial charge < -0.3 is 14.2 Å². The van der Waals surface area contributed by atoms with Crippen molar-refractivity contribution in [3.63, 3.8) is 0 Å². The second kappa shape index (κ2) is 4.28. The smallest absolute Gasteiger partial charge is 0.170 e. The van der Waals surface area contributed by atoms with Crippen molar-refractivity contribution in [3.05, 3.63) is 29.6 Å². The molecule has 1 saturated heterocycles. The van der Waals surface area contributed by atoms with E-state index in [2.05, 4.69) is 0 Å². The maximum absolute atomic E-state index is 13.1. The van der Waals surface area contributed by atoms with Gasteiger partial charge in [-0.05, 0) is 32.0 Å². The summed E-state index contributed by atoms with van der Waals surface area (Å²) in [6.45, 7) is 4.03. The summed E-state index contributed by atoms with van der Waals surface area (Å²) in [5, 5.41) is 0. The van der Waals surface area contributed by atoms with Crippen LogP contribution in [0, 0.1) is 5.82 Å². The number of carbonyl (C=O) groups is 1. The van der Waals surface area contributed by atoms with Gasteiger partial charge in [0.2, 0.25) is 0 Å². The van der Waals surface area contributed by atoms with Gasteiger partial charge in [0.05, 0.1) is 18.6 Å². The van der Waals surface area contributed by atoms with Crippen molar-refractivity contribution in [2.45, 2.75) is 38.3 Å². The lowest BCUT2D eigenvalue weighted by atomic mass is 9.98. The first kappa shape index (κ1) is 12.6. The minimum atomic E-state index is -0.653. The second-order valence-corrected chi connectivity index (χ2v) is 5.29. The third-order valence-electron chi connectivity index (χ3n) is 3.35. The highest BCUT2D eigenvalue weighted by atomic mass is 19.1. The molecule has 0 amide bonds. The lowest BCUT2D eigenvalue weighted by Gasteiger charge is -2.29. The van der Waals surface area contributed by atoms with Crippen LogP contribution >= 0.6 is 0 Å². The molecule has 5 heteroatoms. The van der Waals surface area contributed by atoms with E-state index in [1.54, 1.807) is 0 Å². The average molecular weight is 266 g/mol. The summed E-state index contributed by atoms with van der Waals surface area (Å²) >= 11 is 0. The zero-order valence-corrected chi connectivity index (χ0v) is 10.8. The molecule has 2 heterocycles. The van der Waals surface area contributed by atoms with Crippen molar-refractivity contribution in [2.24, 2.45) is 0 Å². The van der Waals surface area contributed by atoms with Crippen LogP contribution in [-0.2, 0) is 9.47 Å². The summed E-state index contributed by atoms with van der Waals surface area (Å²) in [6.07, 6.45) is -0.481. The zero-order valence-electron chi connectivity index (χ0n) is 10.8. The van der Waals surface area contributed by atoms with E-state index in [0.717, 1.165) is 0 Å². The first-order chi connectivity index (χ1) is 8.94. The fraction of sp³-hybridized carbons (Fsp3) is 0.500. The molecule has 0 unspecified atom stereocenters. The molecule has 2 atom stereocenters. The van der Waals surface area contributed by atoms with Crippen LogP contribution in [0.4, 0.5) is 4.39 Å². The summed E-state index contributed by atoms with van der Waals surface area (Å²) in [7, 11) is 0. The van der Waals surface area contributed by atoms with Gasteiger partial charge in [-0.15, -0.1) is 0 Å². The molecular weight excluding hydrogens is 251 g/mol. The molecule has 0 bridgehead atoms. The Hall–Kier alpha value is -1.46. The SMILES string of the molecule is CC1(C)OC[C@@H]([C@H]2CC(=O)c3cc(F)ccc3O2)O1. The summed E-state index contributed by atoms with van der Waals surface area (Å²) in [6, 6.07) is 3.98. The Morgan fingerprint density at radius 2 is 2.11 bits per heavy atom. The molecule has 0 radical (unpaired) electrons. The van der Waals surface area contributed by atoms with E-state index in [0.29, 0.717) is 17.9 Å². The van der Waals surface area contributed by atoms with Crippen LogP contribution in [0.2, 0.25) is 0 Å². The number of hydrogen-bond acceptors (Lipinski definition) is 4. The van der Waals surface area contributed by atoms with Crippen LogP contribution in [0.5, 0.6) is 5.75 Å². The number of ketones is 1. The predicted molar refractivity (Wildman–Crippen MR) is 64.7 cm³/mol. The Labute approximate surface area is 110 Å². The maximum Gasteiger partial charge on any atom is 0.170 e. The summed E-state index contributed by atoms with van der Waals surface area (Å²) in [4.78, 5) is 12.0. The van der Waals surface area contributed by atoms with Crippen molar-refractivity contribution in [1.82, 2.24) is 0 Å². The number of fused-ring (bicyclic) bond motifs is 1. The summed E-state index contributed by atoms with van der Waals surface area (Å²) < 4.78 is 30.0. The molecule has 1 fully saturated rings. The van der Waals surface area contributed by atoms with E-state index in [-0.39, 0.29) is 24.4 Å². The van der Waals surface area contributed by atoms with E-state index in [1.807, 2.05) is 13.8 Å². The highest BCUT2D eigenvalue weighted by molar-refractivity contribution is 5.99. The minimum Gasteiger partial charge on any atom is -0.486 e. The molecule has 0 aliphatic carbocycles. The van der Waals surface area contributed by atoms with Crippen molar-refractivity contribution in [1.29, 1.82) is 0 Å². The topological polar surface area (TPSA) is 44.8 Å². The Balaban J connectivity index is 1.82. The Morgan fingerprint density at radius 3 is 2.79 bits per heavy atom. The molecule has 1 aromatic carbocycles. The van der Waals surface area contributed by atoms with Crippen molar-refractivity contribution >= 4 is 5.78 Å². The van der Waals surface area contributed by atoms with Crippen LogP contribution in [-0.4, -0.2) is 30.4 Å². The number of benzene rings is 1. The van der Waals surface area contributed by atoms with Crippen LogP contribution < -0.4 is 4.74 Å². The van der Waals surface area contributed by atoms with Crippen molar-refractivity contribution in [3.8, 4) is 5.75 Å². The highest BCUT2D eigenvalue weighted by Gasteiger charge is 2.41. The normalized spacial score (nSPS) is 28.9. The van der Waals surface area contributed by atoms with Gasteiger partial charge in [-0.3, -0.25) is 4.79 Å². The third-order valence-corrected chi connectivity index (χ3v) is 3.35. The molecule has 3 rings (SSSR count). The number of ether oxygens (including phenoxy) is 3. The first-order valence-corrected chi connectivity index (χ1v) is 6.26. The van der Waals surface area contributed by atoms with Crippen LogP contribution in [0.3, 0.4) is 0 Å². The van der Waals surface area contributed by atoms with E-state index >= 15 is 0 Å². The van der Waals surface area contributed by atoms with Gasteiger partial charge in [0.1, 0.15) is 23.8 Å². The van der Waals surface area contributed by atoms with Crippen LogP contribution in [0.15, 0.2) is 18.2 Å². The molecule has 0 spiro atoms. The van der Waals surface area contributed by atoms with Gasteiger partial charge in [0.25, 0.3) is 0 Å². The van der Waals surface area contributed by atoms with Gasteiger partial charge in [-0.25, -0.2) is 4.39 Å². The first-order valence-electron chi connectivity index (χ1n) is 6.26. The van der Waals surface area contributed by atoms with E-state index < -0.39 is 11.6 Å². The van der Waals surface area contributed by atoms with Crippen molar-refractivity contribution < 1.29 is 23.4 Å². The highest BCUT2D eigenvalue weighted by Crippen LogP contribution is 2.33. The number of Topliss-reactive ketones (excluding diaryl/α,β-unsaturated/α-hetero) is 1. The minimum absolute atomic E-state index is 0.126. The van der Waals surface area contributed by atoms with Gasteiger partial charge in [-0.2, -0.15) is 0 Å². The number of halogens is 1. The molecule has 0 aromatic heterocycles. The van der Waals surface area contributed by atoms with Gasteiger partial charge >= 0.3 is 0 Å². The van der Waals surface area contributed by atoms with Crippen LogP contribution in [0.1, 0.15) is 30.6 Å². The molecular formula is C14H15FO4. The number of rotatable bonds is 1. The second-order valence-electron chi connectivity index (χ2n) is 5.29. The molecule has 0 saturated carbocycles. The van der Waals surface area contributed by atoms with Crippen molar-refractivity contribution in [2.75, 3.05) is 6.61 Å². The summed E-state index contributed by atoms with van der Waals surface area (Å²) in [5.74, 6) is -0.800. The Kier molecular flexibility index (Phi) is 2.83. The third kappa shape index (κ3) is 2.35. The molecule has 1 aromatic rings. The lowest BCUT2D eigenvalue weighted by molar-refractivity contribution is -0.149. The Bertz CT molecular complexity index is 526. The number of carbonyl (C=O) groups excluding carboxylic acids is 1. The molecule has 4 nitrogen and oxygen atoms in total. The van der Waals surface area contributed by atoms with Gasteiger partial charge in [0.15, 0.2) is 11.6 Å². The summed E-state index contributed by atoms with van der Waals surface area (Å²) in [5.41, 5.74) is 0.300. The lowest BCUT2D eigenvalue weighted by Crippen LogP contribution is -2.39. The largest absolute Gasteiger partial charge is 0.486 e. The molecule has 19 heavy (non-hydrogen) atoms. The predicted octanol–water partition coefficient (Wildman–Crippen LogP) is 2.31. The fourth-order valence-electron chi connectivity index (χ4n) is 2.43. The van der Waals surface area contributed by atoms with Crippen LogP contribution in [0.25, 0.3) is 0 Å². The average Bonchev–Trinajstić information content (AvgIpc) is 2.70. The zero-order chi connectivity index (χ0) is 13.6. The monoisotopic (exact) mass is 266 g/mol. The van der Waals surface area contributed by atoms with Gasteiger partial charge in [-0.1, -0.05) is 0 Å². The fourth-order valence-corrected chi connectivity index (χ4v) is 2.43. The van der Waals surface area contributed by atoms with Gasteiger partial charge in [0, 0.05) is 0 Å². The van der Waals surface area contributed by atoms with E-state index in [1.165, 1.54) is 18.2 Å². The quantitative estimate of drug-likeness (QED) is 0.782. The Morgan fingerprint density at radius 1 is 1.32 bits per heavy atom. The molecule has 2 aliphatic heterocycles.